The third kappa shape index (κ3) is 4.19. The van der Waals surface area contributed by atoms with Crippen LogP contribution in [0.2, 0.25) is 0 Å². The fourth-order valence-electron chi connectivity index (χ4n) is 4.48. The second-order valence-corrected chi connectivity index (χ2v) is 8.40. The van der Waals surface area contributed by atoms with Gasteiger partial charge in [-0.25, -0.2) is 4.98 Å². The molecule has 0 unspecified atom stereocenters. The van der Waals surface area contributed by atoms with Gasteiger partial charge in [0.2, 0.25) is 0 Å². The van der Waals surface area contributed by atoms with Gasteiger partial charge in [0.25, 0.3) is 0 Å². The molecule has 3 aromatic heterocycles. The first kappa shape index (κ1) is 21.2. The van der Waals surface area contributed by atoms with Gasteiger partial charge in [-0.3, -0.25) is 9.67 Å². The van der Waals surface area contributed by atoms with Crippen LogP contribution in [0.15, 0.2) is 72.3 Å². The molecular formula is C26H29N7. The maximum atomic E-state index is 4.63. The fraction of sp³-hybridized carbons (Fsp3) is 0.269. The van der Waals surface area contributed by atoms with Gasteiger partial charge in [-0.1, -0.05) is 18.7 Å². The summed E-state index contributed by atoms with van der Waals surface area (Å²) >= 11 is 0. The van der Waals surface area contributed by atoms with Crippen molar-refractivity contribution in [2.45, 2.75) is 25.8 Å². The van der Waals surface area contributed by atoms with E-state index < -0.39 is 0 Å². The van der Waals surface area contributed by atoms with Crippen molar-refractivity contribution in [1.29, 1.82) is 0 Å². The number of anilines is 1. The average molecular weight is 440 g/mol. The van der Waals surface area contributed by atoms with E-state index in [4.69, 9.17) is 0 Å². The maximum Gasteiger partial charge on any atom is 0.137 e. The topological polar surface area (TPSA) is 82.9 Å². The second kappa shape index (κ2) is 9.03. The lowest BCUT2D eigenvalue weighted by atomic mass is 9.94. The van der Waals surface area contributed by atoms with Crippen LogP contribution in [0.3, 0.4) is 0 Å². The Morgan fingerprint density at radius 1 is 1.27 bits per heavy atom. The summed E-state index contributed by atoms with van der Waals surface area (Å²) in [7, 11) is 1.82. The van der Waals surface area contributed by atoms with E-state index in [2.05, 4.69) is 78.5 Å². The Kier molecular flexibility index (Phi) is 5.79. The van der Waals surface area contributed by atoms with Gasteiger partial charge in [0.05, 0.1) is 23.6 Å². The summed E-state index contributed by atoms with van der Waals surface area (Å²) in [4.78, 5) is 12.3. The minimum Gasteiger partial charge on any atom is -0.353 e. The first-order valence-corrected chi connectivity index (χ1v) is 11.4. The van der Waals surface area contributed by atoms with Crippen molar-refractivity contribution in [3.63, 3.8) is 0 Å². The SMILES string of the molecule is C=C(Nc1cnn(C2CCNCC2)c1)c1cnc2[nH]cc(C3=C/C(=C/C)C(=NC)C=C3)c2c1. The number of hydrogen-bond donors (Lipinski definition) is 3. The zero-order valence-corrected chi connectivity index (χ0v) is 19.1. The van der Waals surface area contributed by atoms with Crippen LogP contribution in [0.25, 0.3) is 22.3 Å². The van der Waals surface area contributed by atoms with E-state index in [0.29, 0.717) is 6.04 Å². The molecule has 0 radical (unpaired) electrons. The lowest BCUT2D eigenvalue weighted by Crippen LogP contribution is -2.29. The number of nitrogens with zero attached hydrogens (tertiary/aromatic N) is 4. The molecule has 0 spiro atoms. The van der Waals surface area contributed by atoms with Crippen LogP contribution in [0.1, 0.15) is 36.9 Å². The minimum atomic E-state index is 0.452. The molecule has 0 atom stereocenters. The van der Waals surface area contributed by atoms with Gasteiger partial charge >= 0.3 is 0 Å². The van der Waals surface area contributed by atoms with Gasteiger partial charge in [0.1, 0.15) is 5.65 Å². The molecule has 0 amide bonds. The summed E-state index contributed by atoms with van der Waals surface area (Å²) in [5.74, 6) is 0. The lowest BCUT2D eigenvalue weighted by Gasteiger charge is -2.22. The Morgan fingerprint density at radius 2 is 2.12 bits per heavy atom. The van der Waals surface area contributed by atoms with E-state index >= 15 is 0 Å². The zero-order chi connectivity index (χ0) is 22.8. The molecule has 1 fully saturated rings. The molecule has 33 heavy (non-hydrogen) atoms. The number of hydrogen-bond acceptors (Lipinski definition) is 5. The van der Waals surface area contributed by atoms with Gasteiger partial charge < -0.3 is 15.6 Å². The van der Waals surface area contributed by atoms with E-state index in [0.717, 1.165) is 76.3 Å². The first-order valence-electron chi connectivity index (χ1n) is 11.4. The predicted octanol–water partition coefficient (Wildman–Crippen LogP) is 4.74. The molecule has 4 heterocycles. The summed E-state index contributed by atoms with van der Waals surface area (Å²) in [6.07, 6.45) is 18.4. The number of rotatable bonds is 5. The monoisotopic (exact) mass is 439 g/mol. The van der Waals surface area contributed by atoms with Crippen LogP contribution >= 0.6 is 0 Å². The van der Waals surface area contributed by atoms with Crippen molar-refractivity contribution in [2.75, 3.05) is 25.5 Å². The van der Waals surface area contributed by atoms with E-state index in [-0.39, 0.29) is 0 Å². The average Bonchev–Trinajstić information content (AvgIpc) is 3.51. The molecule has 2 aliphatic rings. The molecule has 1 aliphatic heterocycles. The summed E-state index contributed by atoms with van der Waals surface area (Å²) in [5, 5.41) is 12.4. The van der Waals surface area contributed by atoms with Crippen LogP contribution < -0.4 is 10.6 Å². The summed E-state index contributed by atoms with van der Waals surface area (Å²) in [6.45, 7) is 8.37. The Bertz CT molecular complexity index is 1310. The number of aromatic nitrogens is 4. The number of fused-ring (bicyclic) bond motifs is 1. The van der Waals surface area contributed by atoms with Crippen molar-refractivity contribution in [3.8, 4) is 0 Å². The van der Waals surface area contributed by atoms with E-state index in [1.165, 1.54) is 0 Å². The van der Waals surface area contributed by atoms with Gasteiger partial charge in [-0.05, 0) is 62.2 Å². The molecule has 7 nitrogen and oxygen atoms in total. The number of aromatic amines is 1. The lowest BCUT2D eigenvalue weighted by molar-refractivity contribution is 0.343. The molecule has 0 aromatic carbocycles. The predicted molar refractivity (Wildman–Crippen MR) is 136 cm³/mol. The van der Waals surface area contributed by atoms with Crippen LogP contribution in [0.4, 0.5) is 5.69 Å². The van der Waals surface area contributed by atoms with Gasteiger partial charge in [-0.15, -0.1) is 0 Å². The molecule has 168 valence electrons. The molecular weight excluding hydrogens is 410 g/mol. The molecule has 0 saturated carbocycles. The van der Waals surface area contributed by atoms with Crippen LogP contribution in [0.5, 0.6) is 0 Å². The standard InChI is InChI=1S/C26H29N7/c1-4-18-11-19(5-6-25(18)27-3)24-15-30-26-23(24)12-20(13-29-26)17(2)32-21-14-31-33(16-21)22-7-9-28-10-8-22/h4-6,11-16,22,28,32H,2,7-10H2,1,3H3,(H,29,30)/b18-4-,27-25?. The number of aliphatic imine (C=N–C) groups is 1. The van der Waals surface area contributed by atoms with E-state index in [1.807, 2.05) is 32.6 Å². The highest BCUT2D eigenvalue weighted by Crippen LogP contribution is 2.31. The van der Waals surface area contributed by atoms with Gasteiger partial charge in [0, 0.05) is 47.8 Å². The Hall–Kier alpha value is -3.71. The molecule has 3 N–H and O–H groups in total. The quantitative estimate of drug-likeness (QED) is 0.536. The van der Waals surface area contributed by atoms with Crippen LogP contribution in [-0.4, -0.2) is 45.6 Å². The van der Waals surface area contributed by atoms with Crippen molar-refractivity contribution < 1.29 is 0 Å². The molecule has 3 aromatic rings. The molecule has 7 heteroatoms. The van der Waals surface area contributed by atoms with Crippen molar-refractivity contribution >= 4 is 33.7 Å². The van der Waals surface area contributed by atoms with Crippen LogP contribution in [-0.2, 0) is 0 Å². The molecule has 1 aliphatic carbocycles. The number of allylic oxidation sites excluding steroid dienone is 6. The third-order valence-electron chi connectivity index (χ3n) is 6.35. The number of H-pyrrole nitrogens is 1. The van der Waals surface area contributed by atoms with Crippen LogP contribution in [0, 0.1) is 0 Å². The Morgan fingerprint density at radius 3 is 2.91 bits per heavy atom. The molecule has 1 saturated heterocycles. The zero-order valence-electron chi connectivity index (χ0n) is 19.1. The third-order valence-corrected chi connectivity index (χ3v) is 6.35. The fourth-order valence-corrected chi connectivity index (χ4v) is 4.48. The van der Waals surface area contributed by atoms with Crippen molar-refractivity contribution in [2.24, 2.45) is 4.99 Å². The summed E-state index contributed by atoms with van der Waals surface area (Å²) in [6, 6.07) is 2.58. The summed E-state index contributed by atoms with van der Waals surface area (Å²) < 4.78 is 2.07. The van der Waals surface area contributed by atoms with Gasteiger partial charge in [-0.2, -0.15) is 5.10 Å². The highest BCUT2D eigenvalue weighted by molar-refractivity contribution is 6.15. The Labute approximate surface area is 193 Å². The normalized spacial score (nSPS) is 19.4. The number of nitrogens with one attached hydrogen (secondary N) is 3. The number of pyridine rings is 1. The highest BCUT2D eigenvalue weighted by Gasteiger charge is 2.17. The Balaban J connectivity index is 1.39. The summed E-state index contributed by atoms with van der Waals surface area (Å²) in [5.41, 5.74) is 7.87. The molecule has 0 bridgehead atoms. The smallest absolute Gasteiger partial charge is 0.137 e. The van der Waals surface area contributed by atoms with Crippen molar-refractivity contribution in [1.82, 2.24) is 25.1 Å². The van der Waals surface area contributed by atoms with Gasteiger partial charge in [0.15, 0.2) is 0 Å². The minimum absolute atomic E-state index is 0.452. The molecule has 5 rings (SSSR count). The highest BCUT2D eigenvalue weighted by atomic mass is 15.3. The number of piperidine rings is 1. The van der Waals surface area contributed by atoms with E-state index in [1.54, 1.807) is 0 Å². The van der Waals surface area contributed by atoms with E-state index in [9.17, 15) is 0 Å². The van der Waals surface area contributed by atoms with Crippen molar-refractivity contribution in [3.05, 3.63) is 78.4 Å². The second-order valence-electron chi connectivity index (χ2n) is 8.40. The first-order chi connectivity index (χ1) is 16.2. The largest absolute Gasteiger partial charge is 0.353 e. The maximum absolute atomic E-state index is 4.63.